The minimum atomic E-state index is -0.990. The molecule has 9 heteroatoms. The Balaban J connectivity index is 1.88. The Labute approximate surface area is 182 Å². The van der Waals surface area contributed by atoms with Crippen molar-refractivity contribution in [2.75, 3.05) is 25.5 Å². The van der Waals surface area contributed by atoms with Gasteiger partial charge in [0.15, 0.2) is 0 Å². The van der Waals surface area contributed by atoms with E-state index in [1.165, 1.54) is 27.8 Å². The number of β-amino-alcohol motifs (C(OH)–C–C–N with tert-alkyl or cyclic N) is 1. The monoisotopic (exact) mass is 514 g/mol. The summed E-state index contributed by atoms with van der Waals surface area (Å²) in [6.07, 6.45) is 2.16. The van der Waals surface area contributed by atoms with Crippen LogP contribution in [-0.2, 0) is 7.05 Å². The fourth-order valence-corrected chi connectivity index (χ4v) is 4.09. The summed E-state index contributed by atoms with van der Waals surface area (Å²) in [7, 11) is 3.33. The standard InChI is InChI=1S/C20H24FIN4O3/c1-4-17(23-2)20(29)10-26(11-20)19(28)13-9-25(3)18(27)8-16(13)24-15-6-5-12(22)7-14(15)21/h5-9,17,23-24,29H,4,10-11H2,1-3H3. The average molecular weight is 514 g/mol. The zero-order valence-electron chi connectivity index (χ0n) is 16.5. The van der Waals surface area contributed by atoms with Gasteiger partial charge in [0.25, 0.3) is 11.5 Å². The quantitative estimate of drug-likeness (QED) is 0.514. The number of benzene rings is 1. The van der Waals surface area contributed by atoms with Crippen LogP contribution >= 0.6 is 22.6 Å². The first-order chi connectivity index (χ1) is 13.7. The molecule has 3 N–H and O–H groups in total. The topological polar surface area (TPSA) is 86.6 Å². The molecule has 3 rings (SSSR count). The number of anilines is 2. The Bertz CT molecular complexity index is 984. The molecular weight excluding hydrogens is 490 g/mol. The lowest BCUT2D eigenvalue weighted by Gasteiger charge is -2.50. The number of nitrogens with zero attached hydrogens (tertiary/aromatic N) is 2. The first kappa shape index (κ1) is 21.7. The zero-order chi connectivity index (χ0) is 21.3. The van der Waals surface area contributed by atoms with Gasteiger partial charge in [-0.2, -0.15) is 0 Å². The number of nitrogens with one attached hydrogen (secondary N) is 2. The number of carbonyl (C=O) groups excluding carboxylic acids is 1. The lowest BCUT2D eigenvalue weighted by Crippen LogP contribution is -2.71. The Morgan fingerprint density at radius 1 is 1.34 bits per heavy atom. The fourth-order valence-electron chi connectivity index (χ4n) is 3.64. The van der Waals surface area contributed by atoms with Crippen LogP contribution < -0.4 is 16.2 Å². The summed E-state index contributed by atoms with van der Waals surface area (Å²) in [5, 5.41) is 16.7. The molecule has 7 nitrogen and oxygen atoms in total. The van der Waals surface area contributed by atoms with Gasteiger partial charge in [-0.1, -0.05) is 6.92 Å². The molecular formula is C20H24FIN4O3. The highest BCUT2D eigenvalue weighted by Crippen LogP contribution is 2.30. The third kappa shape index (κ3) is 4.31. The normalized spacial score (nSPS) is 16.3. The maximum absolute atomic E-state index is 14.3. The molecule has 1 aliphatic heterocycles. The largest absolute Gasteiger partial charge is 0.385 e. The van der Waals surface area contributed by atoms with E-state index in [4.69, 9.17) is 0 Å². The predicted molar refractivity (Wildman–Crippen MR) is 118 cm³/mol. The number of likely N-dealkylation sites (tertiary alicyclic amines) is 1. The number of aromatic nitrogens is 1. The number of likely N-dealkylation sites (N-methyl/N-ethyl adjacent to an activating group) is 1. The Morgan fingerprint density at radius 3 is 2.62 bits per heavy atom. The summed E-state index contributed by atoms with van der Waals surface area (Å²) in [6, 6.07) is 5.81. The average Bonchev–Trinajstić information content (AvgIpc) is 2.64. The Hall–Kier alpha value is -1.98. The molecule has 1 saturated heterocycles. The number of aryl methyl sites for hydroxylation is 1. The molecule has 2 aromatic rings. The van der Waals surface area contributed by atoms with Crippen LogP contribution in [-0.4, -0.2) is 52.3 Å². The number of halogens is 2. The number of rotatable bonds is 6. The minimum Gasteiger partial charge on any atom is -0.385 e. The highest BCUT2D eigenvalue weighted by molar-refractivity contribution is 14.1. The van der Waals surface area contributed by atoms with Crippen molar-refractivity contribution in [1.82, 2.24) is 14.8 Å². The molecule has 0 saturated carbocycles. The second-order valence-electron chi connectivity index (χ2n) is 7.31. The van der Waals surface area contributed by atoms with Gasteiger partial charge in [0.1, 0.15) is 11.4 Å². The van der Waals surface area contributed by atoms with Gasteiger partial charge in [-0.15, -0.1) is 0 Å². The van der Waals surface area contributed by atoms with Gasteiger partial charge in [-0.3, -0.25) is 9.59 Å². The van der Waals surface area contributed by atoms with E-state index >= 15 is 0 Å². The summed E-state index contributed by atoms with van der Waals surface area (Å²) in [4.78, 5) is 26.7. The molecule has 1 amide bonds. The van der Waals surface area contributed by atoms with E-state index in [1.54, 1.807) is 26.2 Å². The van der Waals surface area contributed by atoms with Gasteiger partial charge in [-0.25, -0.2) is 4.39 Å². The van der Waals surface area contributed by atoms with Crippen LogP contribution in [0.4, 0.5) is 15.8 Å². The molecule has 1 atom stereocenters. The molecule has 1 aromatic carbocycles. The molecule has 0 radical (unpaired) electrons. The summed E-state index contributed by atoms with van der Waals surface area (Å²) in [5.74, 6) is -0.807. The third-order valence-electron chi connectivity index (χ3n) is 5.28. The number of hydrogen-bond acceptors (Lipinski definition) is 5. The third-order valence-corrected chi connectivity index (χ3v) is 5.95. The van der Waals surface area contributed by atoms with Crippen molar-refractivity contribution in [3.8, 4) is 0 Å². The van der Waals surface area contributed by atoms with E-state index in [0.717, 1.165) is 9.99 Å². The summed E-state index contributed by atoms with van der Waals surface area (Å²) >= 11 is 2.01. The zero-order valence-corrected chi connectivity index (χ0v) is 18.7. The maximum Gasteiger partial charge on any atom is 0.257 e. The maximum atomic E-state index is 14.3. The van der Waals surface area contributed by atoms with Crippen LogP contribution in [0.15, 0.2) is 35.3 Å². The second-order valence-corrected chi connectivity index (χ2v) is 8.56. The molecule has 0 bridgehead atoms. The van der Waals surface area contributed by atoms with Gasteiger partial charge in [0.05, 0.1) is 30.0 Å². The molecule has 0 spiro atoms. The summed E-state index contributed by atoms with van der Waals surface area (Å²) in [5.41, 5.74) is -0.667. The Kier molecular flexibility index (Phi) is 6.30. The van der Waals surface area contributed by atoms with E-state index in [0.29, 0.717) is 0 Å². The van der Waals surface area contributed by atoms with Gasteiger partial charge >= 0.3 is 0 Å². The van der Waals surface area contributed by atoms with Gasteiger partial charge in [0.2, 0.25) is 0 Å². The number of amides is 1. The molecule has 0 aliphatic carbocycles. The summed E-state index contributed by atoms with van der Waals surface area (Å²) in [6.45, 7) is 2.34. The van der Waals surface area contributed by atoms with Gasteiger partial charge in [-0.05, 0) is 54.3 Å². The van der Waals surface area contributed by atoms with Crippen LogP contribution in [0.1, 0.15) is 23.7 Å². The fraction of sp³-hybridized carbons (Fsp3) is 0.400. The van der Waals surface area contributed by atoms with Crippen LogP contribution in [0, 0.1) is 9.39 Å². The molecule has 1 aromatic heterocycles. The van der Waals surface area contributed by atoms with Crippen LogP contribution in [0.3, 0.4) is 0 Å². The Morgan fingerprint density at radius 2 is 2.03 bits per heavy atom. The second kappa shape index (κ2) is 8.41. The number of pyridine rings is 1. The number of hydrogen-bond donors (Lipinski definition) is 3. The van der Waals surface area contributed by atoms with Crippen LogP contribution in [0.25, 0.3) is 0 Å². The highest BCUT2D eigenvalue weighted by atomic mass is 127. The highest BCUT2D eigenvalue weighted by Gasteiger charge is 2.48. The van der Waals surface area contributed by atoms with Crippen molar-refractivity contribution >= 4 is 39.9 Å². The lowest BCUT2D eigenvalue weighted by molar-refractivity contribution is -0.103. The predicted octanol–water partition coefficient (Wildman–Crippen LogP) is 2.06. The molecule has 2 heterocycles. The first-order valence-electron chi connectivity index (χ1n) is 9.30. The first-order valence-corrected chi connectivity index (χ1v) is 10.4. The molecule has 1 unspecified atom stereocenters. The van der Waals surface area contributed by atoms with Crippen LogP contribution in [0.2, 0.25) is 0 Å². The van der Waals surface area contributed by atoms with E-state index < -0.39 is 11.4 Å². The lowest BCUT2D eigenvalue weighted by atomic mass is 9.84. The smallest absolute Gasteiger partial charge is 0.257 e. The SMILES string of the molecule is CCC(NC)C1(O)CN(C(=O)c2cn(C)c(=O)cc2Nc2ccc(I)cc2F)C1. The van der Waals surface area contributed by atoms with E-state index in [9.17, 15) is 19.1 Å². The number of carbonyl (C=O) groups is 1. The molecule has 1 aliphatic rings. The minimum absolute atomic E-state index is 0.120. The molecule has 29 heavy (non-hydrogen) atoms. The molecule has 156 valence electrons. The van der Waals surface area contributed by atoms with Crippen molar-refractivity contribution in [2.24, 2.45) is 7.05 Å². The van der Waals surface area contributed by atoms with Crippen molar-refractivity contribution in [3.63, 3.8) is 0 Å². The van der Waals surface area contributed by atoms with Gasteiger partial charge in [0, 0.05) is 28.9 Å². The van der Waals surface area contributed by atoms with E-state index in [2.05, 4.69) is 10.6 Å². The van der Waals surface area contributed by atoms with Crippen molar-refractivity contribution in [1.29, 1.82) is 0 Å². The van der Waals surface area contributed by atoms with Gasteiger partial charge < -0.3 is 25.2 Å². The van der Waals surface area contributed by atoms with Crippen molar-refractivity contribution < 1.29 is 14.3 Å². The summed E-state index contributed by atoms with van der Waals surface area (Å²) < 4.78 is 16.3. The van der Waals surface area contributed by atoms with E-state index in [-0.39, 0.29) is 47.5 Å². The van der Waals surface area contributed by atoms with Crippen molar-refractivity contribution in [2.45, 2.75) is 25.0 Å². The van der Waals surface area contributed by atoms with E-state index in [1.807, 2.05) is 29.5 Å². The van der Waals surface area contributed by atoms with Crippen LogP contribution in [0.5, 0.6) is 0 Å². The molecule has 1 fully saturated rings. The van der Waals surface area contributed by atoms with Crippen molar-refractivity contribution in [3.05, 3.63) is 55.8 Å². The number of aliphatic hydroxyl groups is 1.